The van der Waals surface area contributed by atoms with E-state index in [1.807, 2.05) is 6.92 Å². The van der Waals surface area contributed by atoms with Crippen LogP contribution in [-0.4, -0.2) is 31.0 Å². The second-order valence-electron chi connectivity index (χ2n) is 8.18. The van der Waals surface area contributed by atoms with Crippen molar-refractivity contribution in [3.8, 4) is 11.5 Å². The molecule has 3 aromatic rings. The summed E-state index contributed by atoms with van der Waals surface area (Å²) in [7, 11) is 3.04. The van der Waals surface area contributed by atoms with Gasteiger partial charge in [-0.1, -0.05) is 23.7 Å². The van der Waals surface area contributed by atoms with Gasteiger partial charge in [0.05, 0.1) is 30.9 Å². The average Bonchev–Trinajstić information content (AvgIpc) is 3.12. The number of ketones is 1. The van der Waals surface area contributed by atoms with Crippen molar-refractivity contribution < 1.29 is 28.6 Å². The Kier molecular flexibility index (Phi) is 6.54. The number of aliphatic hydroxyl groups is 1. The first kappa shape index (κ1) is 24.3. The van der Waals surface area contributed by atoms with E-state index in [-0.39, 0.29) is 22.0 Å². The molecule has 35 heavy (non-hydrogen) atoms. The van der Waals surface area contributed by atoms with Gasteiger partial charge in [0.25, 0.3) is 11.7 Å². The molecule has 0 bridgehead atoms. The fourth-order valence-corrected chi connectivity index (χ4v) is 4.45. The molecule has 0 aromatic heterocycles. The molecule has 0 spiro atoms. The van der Waals surface area contributed by atoms with E-state index in [9.17, 15) is 19.1 Å². The van der Waals surface area contributed by atoms with E-state index in [2.05, 4.69) is 0 Å². The topological polar surface area (TPSA) is 76.1 Å². The molecule has 3 aromatic carbocycles. The third-order valence-electron chi connectivity index (χ3n) is 6.03. The van der Waals surface area contributed by atoms with Crippen molar-refractivity contribution in [2.75, 3.05) is 19.1 Å². The molecule has 180 valence electrons. The van der Waals surface area contributed by atoms with Crippen LogP contribution in [0.3, 0.4) is 0 Å². The molecular weight excluding hydrogens is 473 g/mol. The Balaban J connectivity index is 1.99. The highest BCUT2D eigenvalue weighted by Gasteiger charge is 2.47. The van der Waals surface area contributed by atoms with Crippen molar-refractivity contribution in [1.82, 2.24) is 0 Å². The van der Waals surface area contributed by atoms with E-state index in [1.54, 1.807) is 50.4 Å². The molecule has 1 heterocycles. The quantitative estimate of drug-likeness (QED) is 0.277. The largest absolute Gasteiger partial charge is 0.507 e. The zero-order chi connectivity index (χ0) is 25.4. The van der Waals surface area contributed by atoms with Crippen LogP contribution in [-0.2, 0) is 9.59 Å². The summed E-state index contributed by atoms with van der Waals surface area (Å²) in [5.74, 6) is -1.59. The molecule has 1 atom stereocenters. The van der Waals surface area contributed by atoms with Crippen molar-refractivity contribution in [1.29, 1.82) is 0 Å². The lowest BCUT2D eigenvalue weighted by molar-refractivity contribution is -0.132. The minimum absolute atomic E-state index is 0.101. The number of aliphatic hydroxyl groups excluding tert-OH is 1. The normalized spacial score (nSPS) is 17.1. The summed E-state index contributed by atoms with van der Waals surface area (Å²) in [6, 6.07) is 13.0. The lowest BCUT2D eigenvalue weighted by Crippen LogP contribution is -2.29. The number of benzene rings is 3. The Morgan fingerprint density at radius 1 is 1.00 bits per heavy atom. The van der Waals surface area contributed by atoms with Crippen molar-refractivity contribution in [2.45, 2.75) is 19.9 Å². The molecule has 1 amide bonds. The molecule has 0 aliphatic carbocycles. The number of hydrogen-bond donors (Lipinski definition) is 1. The van der Waals surface area contributed by atoms with Crippen LogP contribution >= 0.6 is 11.6 Å². The van der Waals surface area contributed by atoms with Crippen LogP contribution in [0.2, 0.25) is 5.02 Å². The van der Waals surface area contributed by atoms with Gasteiger partial charge in [-0.15, -0.1) is 0 Å². The van der Waals surface area contributed by atoms with Crippen LogP contribution in [0.5, 0.6) is 11.5 Å². The summed E-state index contributed by atoms with van der Waals surface area (Å²) in [5.41, 5.74) is 2.44. The van der Waals surface area contributed by atoms with Crippen LogP contribution in [0.1, 0.15) is 28.3 Å². The lowest BCUT2D eigenvalue weighted by Gasteiger charge is -2.26. The SMILES string of the molecule is COc1cccc(C2/C(=C(\O)c3cc(C)c(OC)cc3C)C(=O)C(=O)N2c2ccc(F)c(Cl)c2)c1. The summed E-state index contributed by atoms with van der Waals surface area (Å²) in [4.78, 5) is 27.8. The second-order valence-corrected chi connectivity index (χ2v) is 8.59. The van der Waals surface area contributed by atoms with Crippen molar-refractivity contribution in [3.05, 3.63) is 93.3 Å². The third kappa shape index (κ3) is 4.23. The summed E-state index contributed by atoms with van der Waals surface area (Å²) < 4.78 is 24.6. The molecule has 1 N–H and O–H groups in total. The van der Waals surface area contributed by atoms with Crippen molar-refractivity contribution in [3.63, 3.8) is 0 Å². The number of halogens is 2. The second kappa shape index (κ2) is 9.43. The van der Waals surface area contributed by atoms with Gasteiger partial charge in [0.1, 0.15) is 23.1 Å². The molecule has 1 aliphatic heterocycles. The number of hydrogen-bond acceptors (Lipinski definition) is 5. The van der Waals surface area contributed by atoms with Crippen LogP contribution in [0.15, 0.2) is 60.2 Å². The number of methoxy groups -OCH3 is 2. The Labute approximate surface area is 207 Å². The predicted molar refractivity (Wildman–Crippen MR) is 132 cm³/mol. The molecule has 8 heteroatoms. The Hall–Kier alpha value is -3.84. The van der Waals surface area contributed by atoms with Crippen LogP contribution in [0, 0.1) is 19.7 Å². The molecule has 6 nitrogen and oxygen atoms in total. The molecule has 0 radical (unpaired) electrons. The highest BCUT2D eigenvalue weighted by atomic mass is 35.5. The minimum atomic E-state index is -1.01. The van der Waals surface area contributed by atoms with E-state index in [1.165, 1.54) is 24.1 Å². The van der Waals surface area contributed by atoms with Gasteiger partial charge < -0.3 is 14.6 Å². The smallest absolute Gasteiger partial charge is 0.300 e. The first-order chi connectivity index (χ1) is 16.7. The van der Waals surface area contributed by atoms with Gasteiger partial charge in [-0.2, -0.15) is 0 Å². The van der Waals surface area contributed by atoms with Crippen LogP contribution < -0.4 is 14.4 Å². The maximum absolute atomic E-state index is 13.9. The highest BCUT2D eigenvalue weighted by Crippen LogP contribution is 2.44. The molecule has 1 unspecified atom stereocenters. The zero-order valence-electron chi connectivity index (χ0n) is 19.6. The van der Waals surface area contributed by atoms with E-state index in [0.29, 0.717) is 28.2 Å². The number of Topliss-reactive ketones (excluding diaryl/α,β-unsaturated/α-hetero) is 1. The van der Waals surface area contributed by atoms with Crippen LogP contribution in [0.25, 0.3) is 5.76 Å². The fourth-order valence-electron chi connectivity index (χ4n) is 4.27. The van der Waals surface area contributed by atoms with Crippen LogP contribution in [0.4, 0.5) is 10.1 Å². The number of ether oxygens (including phenoxy) is 2. The Bertz CT molecular complexity index is 1380. The van der Waals surface area contributed by atoms with Crippen molar-refractivity contribution in [2.24, 2.45) is 0 Å². The van der Waals surface area contributed by atoms with Gasteiger partial charge in [0.15, 0.2) is 0 Å². The molecule has 1 aliphatic rings. The maximum atomic E-state index is 13.9. The summed E-state index contributed by atoms with van der Waals surface area (Å²) in [6.07, 6.45) is 0. The highest BCUT2D eigenvalue weighted by molar-refractivity contribution is 6.51. The summed E-state index contributed by atoms with van der Waals surface area (Å²) in [5, 5.41) is 11.2. The van der Waals surface area contributed by atoms with E-state index in [0.717, 1.165) is 11.6 Å². The van der Waals surface area contributed by atoms with Gasteiger partial charge in [-0.05, 0) is 73.0 Å². The number of aryl methyl sites for hydroxylation is 2. The number of nitrogens with zero attached hydrogens (tertiary/aromatic N) is 1. The predicted octanol–water partition coefficient (Wildman–Crippen LogP) is 5.74. The molecular formula is C27H23ClFNO5. The third-order valence-corrected chi connectivity index (χ3v) is 6.32. The number of amides is 1. The van der Waals surface area contributed by atoms with Gasteiger partial charge in [0.2, 0.25) is 0 Å². The Morgan fingerprint density at radius 2 is 1.74 bits per heavy atom. The van der Waals surface area contributed by atoms with Gasteiger partial charge in [-0.3, -0.25) is 14.5 Å². The summed E-state index contributed by atoms with van der Waals surface area (Å²) in [6.45, 7) is 3.58. The number of anilines is 1. The van der Waals surface area contributed by atoms with Gasteiger partial charge in [0, 0.05) is 11.3 Å². The first-order valence-corrected chi connectivity index (χ1v) is 11.1. The lowest BCUT2D eigenvalue weighted by atomic mass is 9.93. The molecule has 1 saturated heterocycles. The van der Waals surface area contributed by atoms with Gasteiger partial charge >= 0.3 is 0 Å². The van der Waals surface area contributed by atoms with E-state index >= 15 is 0 Å². The first-order valence-electron chi connectivity index (χ1n) is 10.7. The van der Waals surface area contributed by atoms with E-state index in [4.69, 9.17) is 21.1 Å². The maximum Gasteiger partial charge on any atom is 0.300 e. The molecule has 1 fully saturated rings. The Morgan fingerprint density at radius 3 is 2.40 bits per heavy atom. The van der Waals surface area contributed by atoms with E-state index < -0.39 is 23.5 Å². The standard InChI is InChI=1S/C27H23ClFNO5/c1-14-11-22(35-4)15(2)10-19(14)25(31)23-24(16-6-5-7-18(12-16)34-3)30(27(33)26(23)32)17-8-9-21(29)20(28)13-17/h5-13,24,31H,1-4H3/b25-23+. The number of carbonyl (C=O) groups excluding carboxylic acids is 2. The number of carbonyl (C=O) groups is 2. The van der Waals surface area contributed by atoms with Gasteiger partial charge in [-0.25, -0.2) is 4.39 Å². The summed E-state index contributed by atoms with van der Waals surface area (Å²) >= 11 is 5.99. The minimum Gasteiger partial charge on any atom is -0.507 e. The zero-order valence-corrected chi connectivity index (χ0v) is 20.3. The monoisotopic (exact) mass is 495 g/mol. The average molecular weight is 496 g/mol. The van der Waals surface area contributed by atoms with Crippen molar-refractivity contribution >= 4 is 34.7 Å². The molecule has 0 saturated carbocycles. The molecule has 4 rings (SSSR count). The fraction of sp³-hybridized carbons (Fsp3) is 0.185. The number of rotatable bonds is 5.